The number of rotatable bonds is 6. The SMILES string of the molecule is Cc1cccc(NCCOc2cccc(C#N)c2)c1C(N)=O. The number of nitrogens with one attached hydrogen (secondary N) is 1. The van der Waals surface area contributed by atoms with Crippen LogP contribution in [0.2, 0.25) is 0 Å². The van der Waals surface area contributed by atoms with Crippen LogP contribution in [-0.4, -0.2) is 19.1 Å². The fourth-order valence-electron chi connectivity index (χ4n) is 2.15. The molecule has 0 atom stereocenters. The second kappa shape index (κ2) is 7.14. The topological polar surface area (TPSA) is 88.1 Å². The van der Waals surface area contributed by atoms with Gasteiger partial charge in [0, 0.05) is 12.2 Å². The molecule has 0 fully saturated rings. The number of hydrogen-bond acceptors (Lipinski definition) is 4. The molecular weight excluding hydrogens is 278 g/mol. The lowest BCUT2D eigenvalue weighted by molar-refractivity contribution is 0.100. The standard InChI is InChI=1S/C17H17N3O2/c1-12-4-2-7-15(16(12)17(19)21)20-8-9-22-14-6-3-5-13(10-14)11-18/h2-7,10,20H,8-9H2,1H3,(H2,19,21). The number of nitriles is 1. The Labute approximate surface area is 129 Å². The lowest BCUT2D eigenvalue weighted by Crippen LogP contribution is -2.18. The average Bonchev–Trinajstić information content (AvgIpc) is 2.51. The summed E-state index contributed by atoms with van der Waals surface area (Å²) < 4.78 is 5.57. The summed E-state index contributed by atoms with van der Waals surface area (Å²) >= 11 is 0. The first-order valence-corrected chi connectivity index (χ1v) is 6.88. The molecule has 0 aliphatic carbocycles. The highest BCUT2D eigenvalue weighted by molar-refractivity contribution is 5.99. The molecule has 2 aromatic rings. The molecular formula is C17H17N3O2. The van der Waals surface area contributed by atoms with Crippen molar-refractivity contribution in [2.24, 2.45) is 5.73 Å². The predicted octanol–water partition coefficient (Wildman–Crippen LogP) is 2.46. The zero-order valence-corrected chi connectivity index (χ0v) is 12.3. The van der Waals surface area contributed by atoms with Crippen molar-refractivity contribution in [3.63, 3.8) is 0 Å². The number of nitrogens with zero attached hydrogens (tertiary/aromatic N) is 1. The number of carbonyl (C=O) groups is 1. The maximum Gasteiger partial charge on any atom is 0.251 e. The minimum atomic E-state index is -0.455. The monoisotopic (exact) mass is 295 g/mol. The van der Waals surface area contributed by atoms with Crippen LogP contribution in [0.3, 0.4) is 0 Å². The van der Waals surface area contributed by atoms with E-state index >= 15 is 0 Å². The highest BCUT2D eigenvalue weighted by atomic mass is 16.5. The Morgan fingerprint density at radius 3 is 2.82 bits per heavy atom. The van der Waals surface area contributed by atoms with Crippen LogP contribution in [0.4, 0.5) is 5.69 Å². The predicted molar refractivity (Wildman–Crippen MR) is 84.8 cm³/mol. The molecule has 0 heterocycles. The molecule has 0 aliphatic rings. The van der Waals surface area contributed by atoms with Gasteiger partial charge in [0.05, 0.1) is 17.2 Å². The van der Waals surface area contributed by atoms with E-state index in [2.05, 4.69) is 11.4 Å². The van der Waals surface area contributed by atoms with Gasteiger partial charge >= 0.3 is 0 Å². The van der Waals surface area contributed by atoms with E-state index in [4.69, 9.17) is 15.7 Å². The molecule has 5 heteroatoms. The third-order valence-corrected chi connectivity index (χ3v) is 3.17. The van der Waals surface area contributed by atoms with Gasteiger partial charge < -0.3 is 15.8 Å². The van der Waals surface area contributed by atoms with Gasteiger partial charge in [-0.3, -0.25) is 4.79 Å². The molecule has 0 saturated heterocycles. The Bertz CT molecular complexity index is 720. The Morgan fingerprint density at radius 1 is 1.32 bits per heavy atom. The van der Waals surface area contributed by atoms with Crippen LogP contribution in [0.1, 0.15) is 21.5 Å². The molecule has 1 amide bonds. The summed E-state index contributed by atoms with van der Waals surface area (Å²) in [7, 11) is 0. The number of ether oxygens (including phenoxy) is 1. The summed E-state index contributed by atoms with van der Waals surface area (Å²) in [6, 6.07) is 14.5. The largest absolute Gasteiger partial charge is 0.492 e. The minimum absolute atomic E-state index is 0.404. The lowest BCUT2D eigenvalue weighted by atomic mass is 10.1. The quantitative estimate of drug-likeness (QED) is 0.801. The van der Waals surface area contributed by atoms with Crippen LogP contribution in [0.15, 0.2) is 42.5 Å². The summed E-state index contributed by atoms with van der Waals surface area (Å²) in [4.78, 5) is 11.5. The first kappa shape index (κ1) is 15.4. The number of nitrogens with two attached hydrogens (primary N) is 1. The van der Waals surface area contributed by atoms with Crippen LogP contribution >= 0.6 is 0 Å². The van der Waals surface area contributed by atoms with Crippen molar-refractivity contribution < 1.29 is 9.53 Å². The molecule has 0 radical (unpaired) electrons. The third kappa shape index (κ3) is 3.76. The number of benzene rings is 2. The molecule has 0 bridgehead atoms. The Kier molecular flexibility index (Phi) is 4.99. The van der Waals surface area contributed by atoms with Crippen molar-refractivity contribution in [1.82, 2.24) is 0 Å². The highest BCUT2D eigenvalue weighted by Gasteiger charge is 2.10. The van der Waals surface area contributed by atoms with Crippen LogP contribution in [0.5, 0.6) is 5.75 Å². The fourth-order valence-corrected chi connectivity index (χ4v) is 2.15. The molecule has 0 unspecified atom stereocenters. The van der Waals surface area contributed by atoms with E-state index in [1.165, 1.54) is 0 Å². The molecule has 5 nitrogen and oxygen atoms in total. The van der Waals surface area contributed by atoms with Gasteiger partial charge in [-0.15, -0.1) is 0 Å². The summed E-state index contributed by atoms with van der Waals surface area (Å²) in [5.74, 6) is 0.184. The van der Waals surface area contributed by atoms with Gasteiger partial charge in [0.25, 0.3) is 5.91 Å². The van der Waals surface area contributed by atoms with Crippen molar-refractivity contribution in [3.05, 3.63) is 59.2 Å². The molecule has 112 valence electrons. The zero-order chi connectivity index (χ0) is 15.9. The number of carbonyl (C=O) groups excluding carboxylic acids is 1. The van der Waals surface area contributed by atoms with E-state index in [9.17, 15) is 4.79 Å². The van der Waals surface area contributed by atoms with Gasteiger partial charge in [-0.2, -0.15) is 5.26 Å². The fraction of sp³-hybridized carbons (Fsp3) is 0.176. The van der Waals surface area contributed by atoms with E-state index in [0.29, 0.717) is 35.7 Å². The summed E-state index contributed by atoms with van der Waals surface area (Å²) in [5.41, 5.74) is 7.98. The number of aryl methyl sites for hydroxylation is 1. The van der Waals surface area contributed by atoms with Gasteiger partial charge in [0.1, 0.15) is 12.4 Å². The third-order valence-electron chi connectivity index (χ3n) is 3.17. The van der Waals surface area contributed by atoms with Crippen molar-refractivity contribution in [3.8, 4) is 11.8 Å². The lowest BCUT2D eigenvalue weighted by Gasteiger charge is -2.12. The van der Waals surface area contributed by atoms with Gasteiger partial charge in [0.15, 0.2) is 0 Å². The van der Waals surface area contributed by atoms with Gasteiger partial charge in [-0.1, -0.05) is 18.2 Å². The van der Waals surface area contributed by atoms with Crippen molar-refractivity contribution in [2.75, 3.05) is 18.5 Å². The van der Waals surface area contributed by atoms with E-state index < -0.39 is 5.91 Å². The molecule has 3 N–H and O–H groups in total. The molecule has 22 heavy (non-hydrogen) atoms. The summed E-state index contributed by atoms with van der Waals surface area (Å²) in [6.07, 6.45) is 0. The maximum absolute atomic E-state index is 11.5. The van der Waals surface area contributed by atoms with E-state index in [1.54, 1.807) is 24.3 Å². The smallest absolute Gasteiger partial charge is 0.251 e. The molecule has 2 rings (SSSR count). The van der Waals surface area contributed by atoms with E-state index in [-0.39, 0.29) is 0 Å². The van der Waals surface area contributed by atoms with Gasteiger partial charge in [-0.25, -0.2) is 0 Å². The first-order chi connectivity index (χ1) is 10.6. The van der Waals surface area contributed by atoms with E-state index in [0.717, 1.165) is 5.56 Å². The minimum Gasteiger partial charge on any atom is -0.492 e. The van der Waals surface area contributed by atoms with Crippen molar-refractivity contribution in [1.29, 1.82) is 5.26 Å². The van der Waals surface area contributed by atoms with E-state index in [1.807, 2.05) is 25.1 Å². The molecule has 0 aromatic heterocycles. The number of hydrogen-bond donors (Lipinski definition) is 2. The second-order valence-electron chi connectivity index (χ2n) is 4.78. The number of amides is 1. The molecule has 2 aromatic carbocycles. The average molecular weight is 295 g/mol. The maximum atomic E-state index is 11.5. The van der Waals surface area contributed by atoms with Crippen LogP contribution in [0, 0.1) is 18.3 Å². The normalized spacial score (nSPS) is 9.82. The Morgan fingerprint density at radius 2 is 2.09 bits per heavy atom. The zero-order valence-electron chi connectivity index (χ0n) is 12.3. The van der Waals surface area contributed by atoms with Crippen LogP contribution in [0.25, 0.3) is 0 Å². The number of anilines is 1. The molecule has 0 spiro atoms. The highest BCUT2D eigenvalue weighted by Crippen LogP contribution is 2.19. The van der Waals surface area contributed by atoms with Gasteiger partial charge in [-0.05, 0) is 36.8 Å². The summed E-state index contributed by atoms with van der Waals surface area (Å²) in [6.45, 7) is 2.76. The first-order valence-electron chi connectivity index (χ1n) is 6.88. The molecule has 0 saturated carbocycles. The van der Waals surface area contributed by atoms with Crippen molar-refractivity contribution in [2.45, 2.75) is 6.92 Å². The number of primary amides is 1. The Hall–Kier alpha value is -3.00. The Balaban J connectivity index is 1.93. The second-order valence-corrected chi connectivity index (χ2v) is 4.78. The summed E-state index contributed by atoms with van der Waals surface area (Å²) in [5, 5.41) is 12.0. The van der Waals surface area contributed by atoms with Crippen molar-refractivity contribution >= 4 is 11.6 Å². The van der Waals surface area contributed by atoms with Crippen LogP contribution in [-0.2, 0) is 0 Å². The molecule has 0 aliphatic heterocycles. The van der Waals surface area contributed by atoms with Gasteiger partial charge in [0.2, 0.25) is 0 Å². The van der Waals surface area contributed by atoms with Crippen LogP contribution < -0.4 is 15.8 Å².